The molecule has 0 spiro atoms. The topological polar surface area (TPSA) is 39.7 Å². The van der Waals surface area contributed by atoms with Crippen molar-refractivity contribution in [3.8, 4) is 11.1 Å². The molecule has 0 bridgehead atoms. The molecule has 5 heteroatoms. The van der Waals surface area contributed by atoms with Crippen LogP contribution in [-0.2, 0) is 19.7 Å². The molecule has 2 aromatic carbocycles. The van der Waals surface area contributed by atoms with Crippen molar-refractivity contribution >= 4 is 14.5 Å². The second kappa shape index (κ2) is 7.48. The second-order valence-electron chi connectivity index (χ2n) is 5.99. The quantitative estimate of drug-likeness (QED) is 0.497. The number of benzene rings is 2. The Hall–Kier alpha value is -1.66. The third-order valence-electron chi connectivity index (χ3n) is 4.76. The lowest BCUT2D eigenvalue weighted by Gasteiger charge is -2.24. The van der Waals surface area contributed by atoms with Crippen LogP contribution in [0, 0.1) is 0 Å². The summed E-state index contributed by atoms with van der Waals surface area (Å²) in [6, 6.07) is 16.0. The minimum absolute atomic E-state index is 0.804. The zero-order chi connectivity index (χ0) is 17.0. The smallest absolute Gasteiger partial charge is 0.385 e. The van der Waals surface area contributed by atoms with E-state index in [9.17, 15) is 0 Å². The molecule has 3 rings (SSSR count). The molecule has 0 amide bonds. The molecule has 0 fully saturated rings. The highest BCUT2D eigenvalue weighted by atomic mass is 28.4. The van der Waals surface area contributed by atoms with Crippen LogP contribution in [0.3, 0.4) is 0 Å². The zero-order valence-electron chi connectivity index (χ0n) is 14.6. The summed E-state index contributed by atoms with van der Waals surface area (Å²) in [5, 5.41) is 3.58. The lowest BCUT2D eigenvalue weighted by atomic mass is 10.0. The zero-order valence-corrected chi connectivity index (χ0v) is 15.6. The van der Waals surface area contributed by atoms with E-state index in [0.29, 0.717) is 0 Å². The molecular formula is C19H25NO3Si. The summed E-state index contributed by atoms with van der Waals surface area (Å²) in [6.07, 6.45) is 1.94. The number of anilines is 1. The molecule has 0 unspecified atom stereocenters. The molecule has 24 heavy (non-hydrogen) atoms. The van der Waals surface area contributed by atoms with Crippen LogP contribution in [-0.4, -0.2) is 36.7 Å². The Balaban J connectivity index is 1.64. The lowest BCUT2D eigenvalue weighted by molar-refractivity contribution is 0.123. The molecule has 2 aromatic rings. The van der Waals surface area contributed by atoms with Crippen LogP contribution >= 0.6 is 0 Å². The predicted octanol–water partition coefficient (Wildman–Crippen LogP) is 3.94. The molecule has 0 radical (unpaired) electrons. The van der Waals surface area contributed by atoms with Crippen molar-refractivity contribution in [1.82, 2.24) is 0 Å². The average molecular weight is 343 g/mol. The summed E-state index contributed by atoms with van der Waals surface area (Å²) in [7, 11) is 2.51. The predicted molar refractivity (Wildman–Crippen MR) is 99.4 cm³/mol. The minimum Gasteiger partial charge on any atom is -0.385 e. The molecule has 128 valence electrons. The number of hydrogen-bond donors (Lipinski definition) is 1. The van der Waals surface area contributed by atoms with Gasteiger partial charge in [0.05, 0.1) is 0 Å². The molecule has 4 nitrogen and oxygen atoms in total. The van der Waals surface area contributed by atoms with Gasteiger partial charge in [-0.1, -0.05) is 36.4 Å². The Morgan fingerprint density at radius 3 is 2.38 bits per heavy atom. The van der Waals surface area contributed by atoms with Gasteiger partial charge in [-0.3, -0.25) is 0 Å². The Bertz CT molecular complexity index is 692. The second-order valence-corrected chi connectivity index (χ2v) is 9.08. The van der Waals surface area contributed by atoms with Gasteiger partial charge in [0.25, 0.3) is 0 Å². The Labute approximate surface area is 145 Å². The van der Waals surface area contributed by atoms with Gasteiger partial charge in [-0.25, -0.2) is 0 Å². The molecule has 1 N–H and O–H groups in total. The fraction of sp³-hybridized carbons (Fsp3) is 0.368. The standard InChI is InChI=1S/C19H25NO3Si/c1-21-24(22-2,23-3)13-7-12-20-19-11-6-10-17-16-9-5-4-8-15(16)14-18(17)19/h4-6,8-11,20H,7,12-14H2,1-3H3. The van der Waals surface area contributed by atoms with Crippen molar-refractivity contribution in [1.29, 1.82) is 0 Å². The fourth-order valence-corrected chi connectivity index (χ4v) is 5.13. The highest BCUT2D eigenvalue weighted by Gasteiger charge is 2.36. The largest absolute Gasteiger partial charge is 0.500 e. The lowest BCUT2D eigenvalue weighted by Crippen LogP contribution is -2.42. The van der Waals surface area contributed by atoms with E-state index in [4.69, 9.17) is 13.3 Å². The third kappa shape index (κ3) is 3.25. The molecule has 0 aliphatic heterocycles. The van der Waals surface area contributed by atoms with Crippen LogP contribution in [0.25, 0.3) is 11.1 Å². The summed E-state index contributed by atoms with van der Waals surface area (Å²) < 4.78 is 16.4. The van der Waals surface area contributed by atoms with Gasteiger partial charge in [-0.15, -0.1) is 0 Å². The number of hydrogen-bond acceptors (Lipinski definition) is 4. The van der Waals surface area contributed by atoms with Crippen molar-refractivity contribution < 1.29 is 13.3 Å². The van der Waals surface area contributed by atoms with E-state index in [2.05, 4.69) is 47.8 Å². The van der Waals surface area contributed by atoms with Gasteiger partial charge in [0, 0.05) is 46.0 Å². The summed E-state index contributed by atoms with van der Waals surface area (Å²) >= 11 is 0. The fourth-order valence-electron chi connectivity index (χ4n) is 3.41. The van der Waals surface area contributed by atoms with Crippen LogP contribution in [0.5, 0.6) is 0 Å². The SMILES string of the molecule is CO[Si](CCCNc1cccc2c1Cc1ccccc1-2)(OC)OC. The highest BCUT2D eigenvalue weighted by molar-refractivity contribution is 6.60. The maximum absolute atomic E-state index is 5.47. The first kappa shape index (κ1) is 17.2. The molecular weight excluding hydrogens is 318 g/mol. The van der Waals surface area contributed by atoms with Crippen LogP contribution in [0.15, 0.2) is 42.5 Å². The normalized spacial score (nSPS) is 12.8. The molecule has 0 aromatic heterocycles. The molecule has 1 aliphatic rings. The van der Waals surface area contributed by atoms with Gasteiger partial charge in [0.15, 0.2) is 0 Å². The average Bonchev–Trinajstić information content (AvgIpc) is 3.02. The highest BCUT2D eigenvalue weighted by Crippen LogP contribution is 2.39. The molecule has 0 saturated carbocycles. The molecule has 1 aliphatic carbocycles. The van der Waals surface area contributed by atoms with Crippen molar-refractivity contribution in [2.45, 2.75) is 18.9 Å². The maximum Gasteiger partial charge on any atom is 0.500 e. The van der Waals surface area contributed by atoms with Crippen LogP contribution in [0.4, 0.5) is 5.69 Å². The summed E-state index contributed by atoms with van der Waals surface area (Å²) in [6.45, 7) is 0.873. The maximum atomic E-state index is 5.47. The minimum atomic E-state index is -2.47. The van der Waals surface area contributed by atoms with Crippen LogP contribution in [0.1, 0.15) is 17.5 Å². The van der Waals surface area contributed by atoms with Crippen molar-refractivity contribution in [3.05, 3.63) is 53.6 Å². The third-order valence-corrected chi connectivity index (χ3v) is 7.59. The van der Waals surface area contributed by atoms with Crippen molar-refractivity contribution in [3.63, 3.8) is 0 Å². The van der Waals surface area contributed by atoms with E-state index in [1.807, 2.05) is 0 Å². The monoisotopic (exact) mass is 343 g/mol. The van der Waals surface area contributed by atoms with E-state index in [1.165, 1.54) is 27.9 Å². The van der Waals surface area contributed by atoms with Gasteiger partial charge in [0.1, 0.15) is 0 Å². The van der Waals surface area contributed by atoms with Gasteiger partial charge in [-0.05, 0) is 34.7 Å². The van der Waals surface area contributed by atoms with E-state index < -0.39 is 8.80 Å². The summed E-state index contributed by atoms with van der Waals surface area (Å²) in [4.78, 5) is 0. The summed E-state index contributed by atoms with van der Waals surface area (Å²) in [5.74, 6) is 0. The van der Waals surface area contributed by atoms with Gasteiger partial charge in [-0.2, -0.15) is 0 Å². The van der Waals surface area contributed by atoms with Gasteiger partial charge >= 0.3 is 8.80 Å². The summed E-state index contributed by atoms with van der Waals surface area (Å²) in [5.41, 5.74) is 6.74. The van der Waals surface area contributed by atoms with E-state index in [-0.39, 0.29) is 0 Å². The number of fused-ring (bicyclic) bond motifs is 3. The van der Waals surface area contributed by atoms with Crippen molar-refractivity contribution in [2.75, 3.05) is 33.2 Å². The number of rotatable bonds is 8. The van der Waals surface area contributed by atoms with Crippen LogP contribution < -0.4 is 5.32 Å². The first-order valence-electron chi connectivity index (χ1n) is 8.32. The van der Waals surface area contributed by atoms with E-state index >= 15 is 0 Å². The van der Waals surface area contributed by atoms with Crippen LogP contribution in [0.2, 0.25) is 6.04 Å². The first-order valence-corrected chi connectivity index (χ1v) is 10.3. The van der Waals surface area contributed by atoms with Gasteiger partial charge in [0.2, 0.25) is 0 Å². The van der Waals surface area contributed by atoms with E-state index in [1.54, 1.807) is 21.3 Å². The van der Waals surface area contributed by atoms with Crippen molar-refractivity contribution in [2.24, 2.45) is 0 Å². The Morgan fingerprint density at radius 2 is 1.62 bits per heavy atom. The molecule has 0 heterocycles. The Morgan fingerprint density at radius 1 is 0.917 bits per heavy atom. The molecule has 0 atom stereocenters. The number of nitrogens with one attached hydrogen (secondary N) is 1. The van der Waals surface area contributed by atoms with E-state index in [0.717, 1.165) is 25.4 Å². The molecule has 0 saturated heterocycles. The first-order chi connectivity index (χ1) is 11.7. The Kier molecular flexibility index (Phi) is 5.35. The van der Waals surface area contributed by atoms with Gasteiger partial charge < -0.3 is 18.6 Å².